The Morgan fingerprint density at radius 3 is 2.35 bits per heavy atom. The van der Waals surface area contributed by atoms with Crippen molar-refractivity contribution < 1.29 is 17.9 Å². The van der Waals surface area contributed by atoms with E-state index in [1.807, 2.05) is 19.9 Å². The molecule has 0 fully saturated rings. The number of benzene rings is 2. The van der Waals surface area contributed by atoms with E-state index in [-0.39, 0.29) is 11.4 Å². The predicted octanol–water partition coefficient (Wildman–Crippen LogP) is 3.81. The van der Waals surface area contributed by atoms with Crippen LogP contribution in [-0.2, 0) is 20.4 Å². The van der Waals surface area contributed by atoms with Crippen LogP contribution in [0.15, 0.2) is 41.3 Å². The smallest absolute Gasteiger partial charge is 0.244 e. The lowest BCUT2D eigenvalue weighted by Crippen LogP contribution is -2.40. The van der Waals surface area contributed by atoms with E-state index in [0.29, 0.717) is 10.8 Å². The predicted molar refractivity (Wildman–Crippen MR) is 103 cm³/mol. The van der Waals surface area contributed by atoms with Crippen LogP contribution in [0.1, 0.15) is 23.6 Å². The van der Waals surface area contributed by atoms with Gasteiger partial charge in [-0.05, 0) is 61.7 Å². The third kappa shape index (κ3) is 4.38. The van der Waals surface area contributed by atoms with Crippen LogP contribution in [0.4, 0.5) is 0 Å². The van der Waals surface area contributed by atoms with Gasteiger partial charge in [0.05, 0.1) is 7.11 Å². The lowest BCUT2D eigenvalue weighted by molar-refractivity contribution is 0.00698. The second-order valence-electron chi connectivity index (χ2n) is 6.36. The Morgan fingerprint density at radius 2 is 1.77 bits per heavy atom. The van der Waals surface area contributed by atoms with Crippen LogP contribution in [-0.4, -0.2) is 29.2 Å². The van der Waals surface area contributed by atoms with Gasteiger partial charge >= 0.3 is 0 Å². The van der Waals surface area contributed by atoms with Gasteiger partial charge in [0.2, 0.25) is 10.0 Å². The molecule has 142 valence electrons. The average molecular weight is 398 g/mol. The summed E-state index contributed by atoms with van der Waals surface area (Å²) in [5.41, 5.74) is 1.74. The van der Waals surface area contributed by atoms with E-state index >= 15 is 0 Å². The molecule has 2 rings (SSSR count). The number of rotatable bonds is 7. The largest absolute Gasteiger partial charge is 0.495 e. The van der Waals surface area contributed by atoms with E-state index in [0.717, 1.165) is 16.7 Å². The van der Waals surface area contributed by atoms with Crippen molar-refractivity contribution in [2.45, 2.75) is 31.3 Å². The number of methoxy groups -OCH3 is 2. The third-order valence-electron chi connectivity index (χ3n) is 4.55. The van der Waals surface area contributed by atoms with Gasteiger partial charge in [-0.15, -0.1) is 0 Å². The van der Waals surface area contributed by atoms with Crippen molar-refractivity contribution >= 4 is 21.6 Å². The number of ether oxygens (including phenoxy) is 2. The van der Waals surface area contributed by atoms with E-state index < -0.39 is 15.6 Å². The van der Waals surface area contributed by atoms with Gasteiger partial charge in [-0.1, -0.05) is 23.7 Å². The van der Waals surface area contributed by atoms with Crippen molar-refractivity contribution in [2.75, 3.05) is 20.8 Å². The summed E-state index contributed by atoms with van der Waals surface area (Å²) in [4.78, 5) is 0.104. The molecule has 0 saturated heterocycles. The molecule has 0 saturated carbocycles. The first-order chi connectivity index (χ1) is 12.1. The fourth-order valence-corrected chi connectivity index (χ4v) is 4.10. The maximum absolute atomic E-state index is 12.9. The average Bonchev–Trinajstić information content (AvgIpc) is 2.61. The lowest BCUT2D eigenvalue weighted by Gasteiger charge is -2.29. The fraction of sp³-hybridized carbons (Fsp3) is 0.368. The van der Waals surface area contributed by atoms with Gasteiger partial charge in [0.25, 0.3) is 0 Å². The fourth-order valence-electron chi connectivity index (χ4n) is 2.55. The first-order valence-electron chi connectivity index (χ1n) is 8.09. The summed E-state index contributed by atoms with van der Waals surface area (Å²) in [5.74, 6) is 0.308. The van der Waals surface area contributed by atoms with Gasteiger partial charge in [0.1, 0.15) is 16.2 Å². The van der Waals surface area contributed by atoms with E-state index in [2.05, 4.69) is 4.72 Å². The number of aryl methyl sites for hydroxylation is 2. The SMILES string of the molecule is COc1cc(C)c(C)cc1S(=O)(=O)NC[C@](C)(OC)c1cccc(Cl)c1. The number of nitrogens with one attached hydrogen (secondary N) is 1. The molecule has 0 aromatic heterocycles. The second-order valence-corrected chi connectivity index (χ2v) is 8.53. The lowest BCUT2D eigenvalue weighted by atomic mass is 9.96. The maximum atomic E-state index is 12.9. The number of sulfonamides is 1. The molecule has 1 atom stereocenters. The van der Waals surface area contributed by atoms with Crippen LogP contribution in [0.3, 0.4) is 0 Å². The van der Waals surface area contributed by atoms with Crippen molar-refractivity contribution in [3.63, 3.8) is 0 Å². The number of halogens is 1. The normalized spacial score (nSPS) is 14.1. The molecule has 0 heterocycles. The molecule has 0 bridgehead atoms. The first-order valence-corrected chi connectivity index (χ1v) is 9.95. The summed E-state index contributed by atoms with van der Waals surface area (Å²) in [6.45, 7) is 5.61. The van der Waals surface area contributed by atoms with Gasteiger partial charge in [0, 0.05) is 18.7 Å². The number of hydrogen-bond acceptors (Lipinski definition) is 4. The van der Waals surface area contributed by atoms with Gasteiger partial charge in [-0.2, -0.15) is 0 Å². The van der Waals surface area contributed by atoms with Crippen LogP contribution in [0.2, 0.25) is 5.02 Å². The quantitative estimate of drug-likeness (QED) is 0.771. The Morgan fingerprint density at radius 1 is 1.12 bits per heavy atom. The molecule has 7 heteroatoms. The molecule has 1 N–H and O–H groups in total. The van der Waals surface area contributed by atoms with E-state index in [4.69, 9.17) is 21.1 Å². The van der Waals surface area contributed by atoms with Crippen LogP contribution in [0, 0.1) is 13.8 Å². The van der Waals surface area contributed by atoms with Crippen LogP contribution in [0.25, 0.3) is 0 Å². The zero-order valence-electron chi connectivity index (χ0n) is 15.6. The summed E-state index contributed by atoms with van der Waals surface area (Å²) >= 11 is 6.05. The summed E-state index contributed by atoms with van der Waals surface area (Å²) in [6, 6.07) is 10.5. The minimum Gasteiger partial charge on any atom is -0.495 e. The molecule has 0 radical (unpaired) electrons. The highest BCUT2D eigenvalue weighted by atomic mass is 35.5. The van der Waals surface area contributed by atoms with E-state index in [9.17, 15) is 8.42 Å². The minimum atomic E-state index is -3.79. The zero-order chi connectivity index (χ0) is 19.5. The topological polar surface area (TPSA) is 64.6 Å². The Hall–Kier alpha value is -1.60. The zero-order valence-corrected chi connectivity index (χ0v) is 17.2. The molecule has 0 aliphatic rings. The highest BCUT2D eigenvalue weighted by Gasteiger charge is 2.30. The standard InChI is InChI=1S/C19H24ClNO4S/c1-13-9-17(24-4)18(10-14(13)2)26(22,23)21-12-19(3,25-5)15-7-6-8-16(20)11-15/h6-11,21H,12H2,1-5H3/t19-/m0/s1. The van der Waals surface area contributed by atoms with Crippen molar-refractivity contribution in [1.82, 2.24) is 4.72 Å². The molecular formula is C19H24ClNO4S. The highest BCUT2D eigenvalue weighted by molar-refractivity contribution is 7.89. The molecule has 0 aliphatic carbocycles. The Balaban J connectivity index is 2.33. The monoisotopic (exact) mass is 397 g/mol. The van der Waals surface area contributed by atoms with Crippen LogP contribution < -0.4 is 9.46 Å². The molecule has 2 aromatic rings. The molecule has 0 amide bonds. The molecule has 0 aliphatic heterocycles. The summed E-state index contributed by atoms with van der Waals surface area (Å²) in [6.07, 6.45) is 0. The molecular weight excluding hydrogens is 374 g/mol. The summed E-state index contributed by atoms with van der Waals surface area (Å²) in [5, 5.41) is 0.560. The maximum Gasteiger partial charge on any atom is 0.244 e. The summed E-state index contributed by atoms with van der Waals surface area (Å²) in [7, 11) is -0.805. The molecule has 2 aromatic carbocycles. The number of hydrogen-bond donors (Lipinski definition) is 1. The van der Waals surface area contributed by atoms with Crippen molar-refractivity contribution in [1.29, 1.82) is 0 Å². The van der Waals surface area contributed by atoms with Crippen LogP contribution in [0.5, 0.6) is 5.75 Å². The molecule has 5 nitrogen and oxygen atoms in total. The minimum absolute atomic E-state index is 0.0439. The Bertz CT molecular complexity index is 898. The molecule has 0 unspecified atom stereocenters. The molecule has 26 heavy (non-hydrogen) atoms. The van der Waals surface area contributed by atoms with E-state index in [1.54, 1.807) is 37.3 Å². The third-order valence-corrected chi connectivity index (χ3v) is 6.21. The summed E-state index contributed by atoms with van der Waals surface area (Å²) < 4.78 is 39.2. The van der Waals surface area contributed by atoms with Gasteiger partial charge < -0.3 is 9.47 Å². The Labute approximate surface area is 160 Å². The van der Waals surface area contributed by atoms with Crippen molar-refractivity contribution in [3.05, 3.63) is 58.1 Å². The van der Waals surface area contributed by atoms with Crippen molar-refractivity contribution in [3.8, 4) is 5.75 Å². The Kier molecular flexibility index (Phi) is 6.34. The first kappa shape index (κ1) is 20.7. The van der Waals surface area contributed by atoms with Gasteiger partial charge in [0.15, 0.2) is 0 Å². The van der Waals surface area contributed by atoms with Crippen molar-refractivity contribution in [2.24, 2.45) is 0 Å². The van der Waals surface area contributed by atoms with Gasteiger partial charge in [-0.25, -0.2) is 13.1 Å². The second kappa shape index (κ2) is 7.96. The highest BCUT2D eigenvalue weighted by Crippen LogP contribution is 2.29. The van der Waals surface area contributed by atoms with E-state index in [1.165, 1.54) is 14.2 Å². The van der Waals surface area contributed by atoms with Gasteiger partial charge in [-0.3, -0.25) is 0 Å². The molecule has 0 spiro atoms. The van der Waals surface area contributed by atoms with Crippen LogP contribution >= 0.6 is 11.6 Å².